The number of hydrogen-bond donors (Lipinski definition) is 2. The molecule has 0 spiro atoms. The van der Waals surface area contributed by atoms with Gasteiger partial charge in [0, 0.05) is 32.3 Å². The summed E-state index contributed by atoms with van der Waals surface area (Å²) in [4.78, 5) is 18.1. The van der Waals surface area contributed by atoms with E-state index in [1.54, 1.807) is 6.20 Å². The van der Waals surface area contributed by atoms with E-state index in [-0.39, 0.29) is 11.4 Å². The van der Waals surface area contributed by atoms with E-state index in [4.69, 9.17) is 0 Å². The number of amides is 2. The molecule has 8 heteroatoms. The van der Waals surface area contributed by atoms with Gasteiger partial charge in [0.05, 0.1) is 0 Å². The normalized spacial score (nSPS) is 11.2. The minimum absolute atomic E-state index is 0.0757. The molecule has 23 heavy (non-hydrogen) atoms. The van der Waals surface area contributed by atoms with Crippen LogP contribution in [0.25, 0.3) is 0 Å². The van der Waals surface area contributed by atoms with Crippen LogP contribution >= 0.6 is 11.3 Å². The van der Waals surface area contributed by atoms with Crippen molar-refractivity contribution in [1.82, 2.24) is 20.5 Å². The van der Waals surface area contributed by atoms with E-state index < -0.39 is 0 Å². The SMILES string of the molecule is CN(C)c1cc(CNC(=O)Nc2nnc(C(C)(C)C)s2)ccn1. The zero-order valence-corrected chi connectivity index (χ0v) is 14.9. The minimum Gasteiger partial charge on any atom is -0.363 e. The van der Waals surface area contributed by atoms with Crippen molar-refractivity contribution in [2.45, 2.75) is 32.7 Å². The summed E-state index contributed by atoms with van der Waals surface area (Å²) in [7, 11) is 3.85. The predicted molar refractivity (Wildman–Crippen MR) is 93.0 cm³/mol. The molecule has 2 rings (SSSR count). The number of carbonyl (C=O) groups is 1. The summed E-state index contributed by atoms with van der Waals surface area (Å²) in [6.45, 7) is 6.59. The number of urea groups is 1. The highest BCUT2D eigenvalue weighted by Gasteiger charge is 2.19. The first-order chi connectivity index (χ1) is 10.8. The van der Waals surface area contributed by atoms with Crippen LogP contribution in [0.3, 0.4) is 0 Å². The first kappa shape index (κ1) is 17.1. The maximum atomic E-state index is 12.0. The van der Waals surface area contributed by atoms with Crippen LogP contribution in [0.4, 0.5) is 15.7 Å². The van der Waals surface area contributed by atoms with Crippen molar-refractivity contribution in [3.8, 4) is 0 Å². The molecule has 0 aliphatic rings. The Balaban J connectivity index is 1.90. The number of nitrogens with zero attached hydrogens (tertiary/aromatic N) is 4. The Bertz CT molecular complexity index is 677. The second-order valence-electron chi connectivity index (χ2n) is 6.39. The minimum atomic E-state index is -0.301. The van der Waals surface area contributed by atoms with Crippen LogP contribution in [-0.4, -0.2) is 35.3 Å². The van der Waals surface area contributed by atoms with Crippen LogP contribution in [0.2, 0.25) is 0 Å². The van der Waals surface area contributed by atoms with Gasteiger partial charge in [-0.25, -0.2) is 9.78 Å². The second kappa shape index (κ2) is 6.91. The molecule has 124 valence electrons. The summed E-state index contributed by atoms with van der Waals surface area (Å²) in [5, 5.41) is 15.0. The Morgan fingerprint density at radius 1 is 1.30 bits per heavy atom. The first-order valence-electron chi connectivity index (χ1n) is 7.27. The van der Waals surface area contributed by atoms with Crippen molar-refractivity contribution < 1.29 is 4.79 Å². The molecule has 0 radical (unpaired) electrons. The molecule has 0 bridgehead atoms. The summed E-state index contributed by atoms with van der Waals surface area (Å²) in [6.07, 6.45) is 1.73. The molecular weight excluding hydrogens is 312 g/mol. The van der Waals surface area contributed by atoms with E-state index in [0.717, 1.165) is 16.4 Å². The molecule has 2 aromatic rings. The van der Waals surface area contributed by atoms with E-state index in [2.05, 4.69) is 46.6 Å². The maximum Gasteiger partial charge on any atom is 0.321 e. The van der Waals surface area contributed by atoms with Crippen LogP contribution in [0.5, 0.6) is 0 Å². The Labute approximate surface area is 140 Å². The molecule has 0 aromatic carbocycles. The van der Waals surface area contributed by atoms with Gasteiger partial charge in [0.1, 0.15) is 10.8 Å². The Kier molecular flexibility index (Phi) is 5.15. The molecule has 2 aromatic heterocycles. The molecule has 0 unspecified atom stereocenters. The molecule has 0 aliphatic heterocycles. The number of pyridine rings is 1. The molecule has 0 aliphatic carbocycles. The number of anilines is 2. The Morgan fingerprint density at radius 2 is 2.04 bits per heavy atom. The fourth-order valence-corrected chi connectivity index (χ4v) is 2.51. The van der Waals surface area contributed by atoms with Crippen LogP contribution in [0.1, 0.15) is 31.3 Å². The van der Waals surface area contributed by atoms with Gasteiger partial charge in [-0.1, -0.05) is 32.1 Å². The molecule has 0 atom stereocenters. The van der Waals surface area contributed by atoms with Crippen molar-refractivity contribution >= 4 is 28.3 Å². The molecule has 2 heterocycles. The van der Waals surface area contributed by atoms with Gasteiger partial charge in [-0.05, 0) is 17.7 Å². The van der Waals surface area contributed by atoms with Crippen molar-refractivity contribution in [1.29, 1.82) is 0 Å². The van der Waals surface area contributed by atoms with E-state index >= 15 is 0 Å². The molecule has 0 fully saturated rings. The Hall–Kier alpha value is -2.22. The lowest BCUT2D eigenvalue weighted by Gasteiger charge is -2.12. The van der Waals surface area contributed by atoms with Gasteiger partial charge in [-0.2, -0.15) is 0 Å². The van der Waals surface area contributed by atoms with Crippen LogP contribution in [0, 0.1) is 0 Å². The zero-order valence-electron chi connectivity index (χ0n) is 14.0. The van der Waals surface area contributed by atoms with Crippen molar-refractivity contribution in [2.75, 3.05) is 24.3 Å². The van der Waals surface area contributed by atoms with E-state index in [9.17, 15) is 4.79 Å². The van der Waals surface area contributed by atoms with Gasteiger partial charge in [0.2, 0.25) is 5.13 Å². The third-order valence-electron chi connectivity index (χ3n) is 3.01. The summed E-state index contributed by atoms with van der Waals surface area (Å²) in [6, 6.07) is 3.50. The number of rotatable bonds is 4. The highest BCUT2D eigenvalue weighted by Crippen LogP contribution is 2.27. The summed E-state index contributed by atoms with van der Waals surface area (Å²) in [5.41, 5.74) is 0.903. The number of carbonyl (C=O) groups excluding carboxylic acids is 1. The third kappa shape index (κ3) is 4.88. The molecule has 2 amide bonds. The first-order valence-corrected chi connectivity index (χ1v) is 8.08. The quantitative estimate of drug-likeness (QED) is 0.898. The van der Waals surface area contributed by atoms with Gasteiger partial charge in [-0.3, -0.25) is 5.32 Å². The smallest absolute Gasteiger partial charge is 0.321 e. The lowest BCUT2D eigenvalue weighted by Crippen LogP contribution is -2.28. The largest absolute Gasteiger partial charge is 0.363 e. The van der Waals surface area contributed by atoms with Crippen molar-refractivity contribution in [2.24, 2.45) is 0 Å². The average molecular weight is 334 g/mol. The highest BCUT2D eigenvalue weighted by molar-refractivity contribution is 7.15. The van der Waals surface area contributed by atoms with Crippen LogP contribution in [0.15, 0.2) is 18.3 Å². The van der Waals surface area contributed by atoms with Crippen molar-refractivity contribution in [3.05, 3.63) is 28.9 Å². The molecule has 0 saturated heterocycles. The predicted octanol–water partition coefficient (Wildman–Crippen LogP) is 2.62. The summed E-state index contributed by atoms with van der Waals surface area (Å²) >= 11 is 1.39. The highest BCUT2D eigenvalue weighted by atomic mass is 32.1. The average Bonchev–Trinajstić information content (AvgIpc) is 2.94. The molecule has 7 nitrogen and oxygen atoms in total. The summed E-state index contributed by atoms with van der Waals surface area (Å²) < 4.78 is 0. The van der Waals surface area contributed by atoms with E-state index in [0.29, 0.717) is 11.7 Å². The van der Waals surface area contributed by atoms with Gasteiger partial charge >= 0.3 is 6.03 Å². The number of aromatic nitrogens is 3. The van der Waals surface area contributed by atoms with Gasteiger partial charge in [0.25, 0.3) is 0 Å². The van der Waals surface area contributed by atoms with Gasteiger partial charge in [0.15, 0.2) is 0 Å². The number of nitrogens with one attached hydrogen (secondary N) is 2. The van der Waals surface area contributed by atoms with Crippen LogP contribution < -0.4 is 15.5 Å². The monoisotopic (exact) mass is 334 g/mol. The fourth-order valence-electron chi connectivity index (χ4n) is 1.72. The Morgan fingerprint density at radius 3 is 2.65 bits per heavy atom. The van der Waals surface area contributed by atoms with Gasteiger partial charge < -0.3 is 10.2 Å². The zero-order chi connectivity index (χ0) is 17.0. The maximum absolute atomic E-state index is 12.0. The standard InChI is InChI=1S/C15H22N6OS/c1-15(2,3)12-19-20-14(23-12)18-13(22)17-9-10-6-7-16-11(8-10)21(4)5/h6-8H,9H2,1-5H3,(H2,17,18,20,22). The lowest BCUT2D eigenvalue weighted by molar-refractivity contribution is 0.251. The molecular formula is C15H22N6OS. The van der Waals surface area contributed by atoms with Crippen LogP contribution in [-0.2, 0) is 12.0 Å². The fraction of sp³-hybridized carbons (Fsp3) is 0.467. The van der Waals surface area contributed by atoms with Crippen molar-refractivity contribution in [3.63, 3.8) is 0 Å². The van der Waals surface area contributed by atoms with E-state index in [1.807, 2.05) is 31.1 Å². The topological polar surface area (TPSA) is 83.0 Å². The van der Waals surface area contributed by atoms with E-state index in [1.165, 1.54) is 11.3 Å². The number of hydrogen-bond acceptors (Lipinski definition) is 6. The summed E-state index contributed by atoms with van der Waals surface area (Å²) in [5.74, 6) is 0.851. The third-order valence-corrected chi connectivity index (χ3v) is 4.27. The van der Waals surface area contributed by atoms with Gasteiger partial charge in [-0.15, -0.1) is 10.2 Å². The molecule has 0 saturated carbocycles. The second-order valence-corrected chi connectivity index (χ2v) is 7.36. The lowest BCUT2D eigenvalue weighted by atomic mass is 9.98. The molecule has 2 N–H and O–H groups in total.